The van der Waals surface area contributed by atoms with E-state index in [2.05, 4.69) is 4.98 Å². The van der Waals surface area contributed by atoms with Gasteiger partial charge in [0.15, 0.2) is 0 Å². The fourth-order valence-corrected chi connectivity index (χ4v) is 2.64. The number of ether oxygens (including phenoxy) is 1. The van der Waals surface area contributed by atoms with Crippen LogP contribution in [0, 0.1) is 0 Å². The maximum atomic E-state index is 10.6. The van der Waals surface area contributed by atoms with Crippen LogP contribution in [0.4, 0.5) is 0 Å². The number of aliphatic hydroxyl groups excluding tert-OH is 4. The fourth-order valence-electron chi connectivity index (χ4n) is 2.64. The molecule has 1 aliphatic heterocycles. The summed E-state index contributed by atoms with van der Waals surface area (Å²) in [5.74, 6) is -2.24. The highest BCUT2D eigenvalue weighted by molar-refractivity contribution is 5.80. The molecule has 7 nitrogen and oxygen atoms in total. The van der Waals surface area contributed by atoms with Gasteiger partial charge in [0.05, 0.1) is 12.3 Å². The van der Waals surface area contributed by atoms with E-state index in [1.807, 2.05) is 12.1 Å². The number of rotatable bonds is 2. The maximum absolute atomic E-state index is 10.6. The SMILES string of the molecule is OC[C@H]1O[C@](O)(c2cc3ccccc3[nH]2)[C@H](O)[C@@H](O)[C@@H]1O. The molecule has 0 saturated carbocycles. The molecular weight excluding hydrogens is 278 g/mol. The van der Waals surface area contributed by atoms with Crippen molar-refractivity contribution in [2.75, 3.05) is 6.61 Å². The van der Waals surface area contributed by atoms with E-state index in [4.69, 9.17) is 4.74 Å². The number of H-pyrrole nitrogens is 1. The Morgan fingerprint density at radius 1 is 1.14 bits per heavy atom. The summed E-state index contributed by atoms with van der Waals surface area (Å²) >= 11 is 0. The first-order valence-corrected chi connectivity index (χ1v) is 6.61. The number of hydrogen-bond donors (Lipinski definition) is 6. The van der Waals surface area contributed by atoms with Crippen LogP contribution in [-0.4, -0.2) is 61.5 Å². The molecule has 6 N–H and O–H groups in total. The highest BCUT2D eigenvalue weighted by Crippen LogP contribution is 2.36. The van der Waals surface area contributed by atoms with Gasteiger partial charge in [0.25, 0.3) is 0 Å². The van der Waals surface area contributed by atoms with Gasteiger partial charge in [-0.15, -0.1) is 0 Å². The van der Waals surface area contributed by atoms with Crippen molar-refractivity contribution in [3.05, 3.63) is 36.0 Å². The molecule has 1 aromatic heterocycles. The molecule has 0 aliphatic carbocycles. The van der Waals surface area contributed by atoms with Crippen LogP contribution < -0.4 is 0 Å². The Morgan fingerprint density at radius 3 is 2.52 bits per heavy atom. The summed E-state index contributed by atoms with van der Waals surface area (Å²) in [6, 6.07) is 8.80. The summed E-state index contributed by atoms with van der Waals surface area (Å²) in [5.41, 5.74) is 0.860. The zero-order valence-corrected chi connectivity index (χ0v) is 11.0. The number of aliphatic hydroxyl groups is 5. The van der Waals surface area contributed by atoms with E-state index in [9.17, 15) is 25.5 Å². The number of aromatic amines is 1. The van der Waals surface area contributed by atoms with Crippen molar-refractivity contribution in [1.29, 1.82) is 0 Å². The summed E-state index contributed by atoms with van der Waals surface area (Å²) in [6.45, 7) is -0.604. The van der Waals surface area contributed by atoms with Crippen LogP contribution in [0.1, 0.15) is 5.69 Å². The smallest absolute Gasteiger partial charge is 0.237 e. The second-order valence-corrected chi connectivity index (χ2v) is 5.23. The van der Waals surface area contributed by atoms with Crippen LogP contribution in [0.25, 0.3) is 10.9 Å². The van der Waals surface area contributed by atoms with Gasteiger partial charge >= 0.3 is 0 Å². The van der Waals surface area contributed by atoms with Gasteiger partial charge < -0.3 is 35.3 Å². The second-order valence-electron chi connectivity index (χ2n) is 5.23. The van der Waals surface area contributed by atoms with Gasteiger partial charge in [-0.3, -0.25) is 0 Å². The van der Waals surface area contributed by atoms with Crippen LogP contribution in [0.5, 0.6) is 0 Å². The molecule has 0 amide bonds. The van der Waals surface area contributed by atoms with E-state index in [-0.39, 0.29) is 5.69 Å². The Hall–Kier alpha value is -1.48. The third kappa shape index (κ3) is 2.15. The first kappa shape index (κ1) is 14.5. The molecule has 1 fully saturated rings. The molecule has 1 aromatic carbocycles. The predicted octanol–water partition coefficient (Wildman–Crippen LogP) is -1.21. The molecule has 0 unspecified atom stereocenters. The Balaban J connectivity index is 2.05. The van der Waals surface area contributed by atoms with Gasteiger partial charge in [-0.1, -0.05) is 18.2 Å². The van der Waals surface area contributed by atoms with Crippen molar-refractivity contribution in [1.82, 2.24) is 4.98 Å². The number of fused-ring (bicyclic) bond motifs is 1. The molecular formula is C14H17NO6. The van der Waals surface area contributed by atoms with E-state index in [0.29, 0.717) is 0 Å². The number of para-hydroxylation sites is 1. The zero-order valence-electron chi connectivity index (χ0n) is 11.0. The van der Waals surface area contributed by atoms with Gasteiger partial charge in [0.2, 0.25) is 5.79 Å². The Labute approximate surface area is 120 Å². The number of aromatic nitrogens is 1. The molecule has 0 bridgehead atoms. The van der Waals surface area contributed by atoms with E-state index in [1.54, 1.807) is 18.2 Å². The lowest BCUT2D eigenvalue weighted by Crippen LogP contribution is -2.63. The minimum atomic E-state index is -2.24. The van der Waals surface area contributed by atoms with E-state index in [0.717, 1.165) is 10.9 Å². The van der Waals surface area contributed by atoms with Crippen molar-refractivity contribution in [2.24, 2.45) is 0 Å². The van der Waals surface area contributed by atoms with E-state index in [1.165, 1.54) is 0 Å². The lowest BCUT2D eigenvalue weighted by Gasteiger charge is -2.44. The molecule has 7 heteroatoms. The third-order valence-electron chi connectivity index (χ3n) is 3.88. The normalized spacial score (nSPS) is 37.0. The van der Waals surface area contributed by atoms with Crippen molar-refractivity contribution in [3.8, 4) is 0 Å². The maximum Gasteiger partial charge on any atom is 0.237 e. The van der Waals surface area contributed by atoms with Crippen LogP contribution in [0.2, 0.25) is 0 Å². The zero-order chi connectivity index (χ0) is 15.2. The Bertz CT molecular complexity index is 608. The minimum Gasteiger partial charge on any atom is -0.394 e. The summed E-state index contributed by atoms with van der Waals surface area (Å²) in [5, 5.41) is 50.2. The quantitative estimate of drug-likeness (QED) is 0.413. The van der Waals surface area contributed by atoms with Crippen molar-refractivity contribution < 1.29 is 30.3 Å². The molecule has 21 heavy (non-hydrogen) atoms. The Morgan fingerprint density at radius 2 is 1.86 bits per heavy atom. The standard InChI is InChI=1S/C14H17NO6/c16-6-9-11(17)12(18)13(19)14(20,21-9)10-5-7-3-1-2-4-8(7)15-10/h1-5,9,11-13,15-20H,6H2/t9-,11-,12+,13-,14-/m1/s1. The molecule has 2 heterocycles. The van der Waals surface area contributed by atoms with Gasteiger partial charge in [0, 0.05) is 5.52 Å². The highest BCUT2D eigenvalue weighted by Gasteiger charge is 2.54. The summed E-state index contributed by atoms with van der Waals surface area (Å²) in [4.78, 5) is 2.91. The molecule has 5 atom stereocenters. The van der Waals surface area contributed by atoms with Crippen LogP contribution in [0.3, 0.4) is 0 Å². The largest absolute Gasteiger partial charge is 0.394 e. The van der Waals surface area contributed by atoms with Gasteiger partial charge in [-0.2, -0.15) is 0 Å². The fraction of sp³-hybridized carbons (Fsp3) is 0.429. The third-order valence-corrected chi connectivity index (χ3v) is 3.88. The van der Waals surface area contributed by atoms with Crippen molar-refractivity contribution in [2.45, 2.75) is 30.2 Å². The summed E-state index contributed by atoms with van der Waals surface area (Å²) in [7, 11) is 0. The molecule has 3 rings (SSSR count). The average molecular weight is 295 g/mol. The lowest BCUT2D eigenvalue weighted by molar-refractivity contribution is -0.359. The van der Waals surface area contributed by atoms with Crippen molar-refractivity contribution >= 4 is 10.9 Å². The van der Waals surface area contributed by atoms with Crippen LogP contribution >= 0.6 is 0 Å². The summed E-state index contributed by atoms with van der Waals surface area (Å²) < 4.78 is 5.25. The second kappa shape index (κ2) is 5.06. The molecule has 0 spiro atoms. The molecule has 1 aliphatic rings. The van der Waals surface area contributed by atoms with Gasteiger partial charge in [0.1, 0.15) is 24.4 Å². The Kier molecular flexibility index (Phi) is 3.48. The molecule has 114 valence electrons. The number of hydrogen-bond acceptors (Lipinski definition) is 6. The first-order valence-electron chi connectivity index (χ1n) is 6.61. The van der Waals surface area contributed by atoms with E-state index < -0.39 is 36.8 Å². The van der Waals surface area contributed by atoms with Crippen molar-refractivity contribution in [3.63, 3.8) is 0 Å². The summed E-state index contributed by atoms with van der Waals surface area (Å²) in [6.07, 6.45) is -6.11. The van der Waals surface area contributed by atoms with Gasteiger partial charge in [-0.05, 0) is 17.5 Å². The number of benzene rings is 1. The monoisotopic (exact) mass is 295 g/mol. The average Bonchev–Trinajstić information content (AvgIpc) is 2.93. The van der Waals surface area contributed by atoms with E-state index >= 15 is 0 Å². The topological polar surface area (TPSA) is 126 Å². The predicted molar refractivity (Wildman–Crippen MR) is 72.2 cm³/mol. The minimum absolute atomic E-state index is 0.139. The van der Waals surface area contributed by atoms with Crippen LogP contribution in [-0.2, 0) is 10.5 Å². The molecule has 1 saturated heterocycles. The lowest BCUT2D eigenvalue weighted by atomic mass is 9.91. The highest BCUT2D eigenvalue weighted by atomic mass is 16.7. The molecule has 0 radical (unpaired) electrons. The van der Waals surface area contributed by atoms with Gasteiger partial charge in [-0.25, -0.2) is 0 Å². The first-order chi connectivity index (χ1) is 9.97. The van der Waals surface area contributed by atoms with Crippen LogP contribution in [0.15, 0.2) is 30.3 Å². The molecule has 2 aromatic rings. The number of nitrogens with one attached hydrogen (secondary N) is 1.